The second-order valence-corrected chi connectivity index (χ2v) is 9.47. The third-order valence-electron chi connectivity index (χ3n) is 5.94. The summed E-state index contributed by atoms with van der Waals surface area (Å²) in [5.74, 6) is 0.367. The maximum atomic E-state index is 13.6. The van der Waals surface area contributed by atoms with Crippen molar-refractivity contribution >= 4 is 17.3 Å². The molecule has 2 heterocycles. The zero-order chi connectivity index (χ0) is 29.4. The Morgan fingerprint density at radius 2 is 1.60 bits per heavy atom. The van der Waals surface area contributed by atoms with E-state index < -0.39 is 35.8 Å². The van der Waals surface area contributed by atoms with E-state index in [2.05, 4.69) is 21.2 Å². The first kappa shape index (κ1) is 29.4. The van der Waals surface area contributed by atoms with Gasteiger partial charge in [0.15, 0.2) is 5.82 Å². The molecule has 0 fully saturated rings. The molecule has 0 aliphatic carbocycles. The average Bonchev–Trinajstić information content (AvgIpc) is 3.43. The highest BCUT2D eigenvalue weighted by atomic mass is 35.5. The summed E-state index contributed by atoms with van der Waals surface area (Å²) in [7, 11) is 3.24. The number of aliphatic hydroxyl groups is 1. The molecule has 3 N–H and O–H groups in total. The first-order valence-electron chi connectivity index (χ1n) is 11.7. The van der Waals surface area contributed by atoms with Crippen molar-refractivity contribution in [3.63, 3.8) is 0 Å². The molecule has 4 rings (SSSR count). The summed E-state index contributed by atoms with van der Waals surface area (Å²) >= 11 is 6.21. The van der Waals surface area contributed by atoms with Crippen LogP contribution < -0.4 is 11.0 Å². The second kappa shape index (κ2) is 11.1. The first-order chi connectivity index (χ1) is 18.7. The van der Waals surface area contributed by atoms with Crippen LogP contribution in [0.5, 0.6) is 0 Å². The zero-order valence-electron chi connectivity index (χ0n) is 21.0. The van der Waals surface area contributed by atoms with Crippen LogP contribution in [0.1, 0.15) is 33.9 Å². The molecule has 3 aromatic rings. The number of hydrazine groups is 2. The third kappa shape index (κ3) is 6.26. The van der Waals surface area contributed by atoms with E-state index in [0.717, 1.165) is 6.07 Å². The van der Waals surface area contributed by atoms with Crippen molar-refractivity contribution in [3.8, 4) is 0 Å². The SMILES string of the molecule is CN(C)C1=C(c2nnc(CCO)n2Cc2ccc(F)cc2Cl)NNN1Cc1cc(C(F)(F)F)cc(C(F)(F)F)c1. The van der Waals surface area contributed by atoms with Crippen LogP contribution in [-0.4, -0.2) is 50.5 Å². The van der Waals surface area contributed by atoms with E-state index in [9.17, 15) is 35.8 Å². The molecule has 0 saturated heterocycles. The molecule has 0 saturated carbocycles. The van der Waals surface area contributed by atoms with Gasteiger partial charge in [-0.25, -0.2) is 4.39 Å². The van der Waals surface area contributed by atoms with Gasteiger partial charge in [0.2, 0.25) is 0 Å². The van der Waals surface area contributed by atoms with Crippen molar-refractivity contribution < 1.29 is 35.8 Å². The Labute approximate surface area is 228 Å². The molecule has 0 radical (unpaired) electrons. The van der Waals surface area contributed by atoms with Crippen LogP contribution in [-0.2, 0) is 31.9 Å². The van der Waals surface area contributed by atoms with Crippen molar-refractivity contribution in [2.24, 2.45) is 0 Å². The van der Waals surface area contributed by atoms with Crippen molar-refractivity contribution in [2.45, 2.75) is 31.9 Å². The predicted molar refractivity (Wildman–Crippen MR) is 130 cm³/mol. The lowest BCUT2D eigenvalue weighted by atomic mass is 10.0. The van der Waals surface area contributed by atoms with Crippen LogP contribution in [0.25, 0.3) is 5.70 Å². The Kier molecular flexibility index (Phi) is 8.19. The molecule has 0 bridgehead atoms. The zero-order valence-corrected chi connectivity index (χ0v) is 21.8. The summed E-state index contributed by atoms with van der Waals surface area (Å²) < 4.78 is 95.5. The van der Waals surface area contributed by atoms with Crippen molar-refractivity contribution in [1.82, 2.24) is 35.6 Å². The Morgan fingerprint density at radius 3 is 2.15 bits per heavy atom. The minimum Gasteiger partial charge on any atom is -0.396 e. The van der Waals surface area contributed by atoms with Gasteiger partial charge in [0.05, 0.1) is 30.8 Å². The molecule has 0 atom stereocenters. The number of nitrogens with zero attached hydrogens (tertiary/aromatic N) is 5. The van der Waals surface area contributed by atoms with Crippen LogP contribution in [0.15, 0.2) is 42.2 Å². The van der Waals surface area contributed by atoms with Gasteiger partial charge in [0.25, 0.3) is 0 Å². The first-order valence-corrected chi connectivity index (χ1v) is 12.0. The predicted octanol–water partition coefficient (Wildman–Crippen LogP) is 4.40. The largest absolute Gasteiger partial charge is 0.416 e. The van der Waals surface area contributed by atoms with Gasteiger partial charge >= 0.3 is 12.4 Å². The van der Waals surface area contributed by atoms with Crippen molar-refractivity contribution in [2.75, 3.05) is 20.7 Å². The number of hydrogen-bond donors (Lipinski definition) is 3. The van der Waals surface area contributed by atoms with Crippen LogP contribution in [0.3, 0.4) is 0 Å². The van der Waals surface area contributed by atoms with Crippen molar-refractivity contribution in [3.05, 3.63) is 87.0 Å². The maximum absolute atomic E-state index is 13.6. The Bertz CT molecular complexity index is 1390. The van der Waals surface area contributed by atoms with Gasteiger partial charge in [0, 0.05) is 25.5 Å². The molecule has 0 spiro atoms. The summed E-state index contributed by atoms with van der Waals surface area (Å²) in [5.41, 5.74) is 3.32. The Morgan fingerprint density at radius 1 is 0.950 bits per heavy atom. The highest BCUT2D eigenvalue weighted by molar-refractivity contribution is 6.31. The molecule has 0 amide bonds. The van der Waals surface area contributed by atoms with Crippen LogP contribution >= 0.6 is 11.6 Å². The normalized spacial score (nSPS) is 14.2. The highest BCUT2D eigenvalue weighted by Gasteiger charge is 2.37. The summed E-state index contributed by atoms with van der Waals surface area (Å²) in [4.78, 5) is 1.58. The number of aliphatic hydroxyl groups excluding tert-OH is 1. The van der Waals surface area contributed by atoms with Gasteiger partial charge in [-0.2, -0.15) is 26.3 Å². The Hall–Kier alpha value is -3.56. The van der Waals surface area contributed by atoms with E-state index in [0.29, 0.717) is 35.0 Å². The number of benzene rings is 2. The summed E-state index contributed by atoms with van der Waals surface area (Å²) in [6.07, 6.45) is -9.86. The number of aromatic nitrogens is 3. The van der Waals surface area contributed by atoms with E-state index in [1.165, 1.54) is 17.1 Å². The molecule has 16 heteroatoms. The monoisotopic (exact) mass is 593 g/mol. The van der Waals surface area contributed by atoms with Gasteiger partial charge in [-0.15, -0.1) is 15.7 Å². The third-order valence-corrected chi connectivity index (χ3v) is 6.29. The van der Waals surface area contributed by atoms with Gasteiger partial charge in [0.1, 0.15) is 23.2 Å². The molecule has 1 aliphatic heterocycles. The number of rotatable bonds is 8. The fourth-order valence-electron chi connectivity index (χ4n) is 4.19. The molecular formula is C24H23ClF7N7O. The van der Waals surface area contributed by atoms with E-state index in [1.807, 2.05) is 0 Å². The number of halogens is 8. The van der Waals surface area contributed by atoms with Crippen LogP contribution in [0, 0.1) is 5.82 Å². The minimum absolute atomic E-state index is 0.0685. The number of nitrogens with one attached hydrogen (secondary N) is 2. The smallest absolute Gasteiger partial charge is 0.396 e. The van der Waals surface area contributed by atoms with E-state index >= 15 is 0 Å². The summed E-state index contributed by atoms with van der Waals surface area (Å²) in [5, 5.41) is 19.3. The van der Waals surface area contributed by atoms with Gasteiger partial charge < -0.3 is 14.6 Å². The maximum Gasteiger partial charge on any atom is 0.416 e. The molecule has 1 aliphatic rings. The standard InChI is InChI=1S/C24H23ClF7N7O/c1-37(2)22-20(21-35-33-19(5-6-40)38(21)12-14-3-4-17(26)10-18(14)25)34-36-39(22)11-13-7-15(23(27,28)29)9-16(8-13)24(30,31)32/h3-4,7-10,34,36,40H,5-6,11-12H2,1-2H3. The highest BCUT2D eigenvalue weighted by Crippen LogP contribution is 2.37. The van der Waals surface area contributed by atoms with Gasteiger partial charge in [-0.05, 0) is 41.5 Å². The summed E-state index contributed by atoms with van der Waals surface area (Å²) in [6.45, 7) is -0.576. The topological polar surface area (TPSA) is 81.5 Å². The summed E-state index contributed by atoms with van der Waals surface area (Å²) in [6, 6.07) is 5.21. The lowest BCUT2D eigenvalue weighted by Gasteiger charge is -2.26. The van der Waals surface area contributed by atoms with Crippen molar-refractivity contribution in [1.29, 1.82) is 0 Å². The second-order valence-electron chi connectivity index (χ2n) is 9.07. The minimum atomic E-state index is -4.99. The van der Waals surface area contributed by atoms with E-state index in [-0.39, 0.29) is 42.0 Å². The molecule has 0 unspecified atom stereocenters. The quantitative estimate of drug-likeness (QED) is 0.334. The number of hydrogen-bond acceptors (Lipinski definition) is 7. The van der Waals surface area contributed by atoms with Crippen LogP contribution in [0.2, 0.25) is 5.02 Å². The molecule has 40 heavy (non-hydrogen) atoms. The fourth-order valence-corrected chi connectivity index (χ4v) is 4.41. The van der Waals surface area contributed by atoms with Gasteiger partial charge in [-0.1, -0.05) is 17.7 Å². The van der Waals surface area contributed by atoms with Gasteiger partial charge in [-0.3, -0.25) is 10.4 Å². The van der Waals surface area contributed by atoms with Crippen LogP contribution in [0.4, 0.5) is 30.7 Å². The van der Waals surface area contributed by atoms with E-state index in [1.54, 1.807) is 23.6 Å². The van der Waals surface area contributed by atoms with E-state index in [4.69, 9.17) is 11.6 Å². The molecule has 216 valence electrons. The molecular weight excluding hydrogens is 571 g/mol. The molecule has 1 aromatic heterocycles. The fraction of sp³-hybridized carbons (Fsp3) is 0.333. The molecule has 2 aromatic carbocycles. The lowest BCUT2D eigenvalue weighted by molar-refractivity contribution is -0.143. The molecule has 8 nitrogen and oxygen atoms in total. The Balaban J connectivity index is 1.76. The number of alkyl halides is 6. The lowest BCUT2D eigenvalue weighted by Crippen LogP contribution is -2.39. The average molecular weight is 594 g/mol.